The molecule has 5 heteroatoms. The molecule has 3 aromatic rings. The van der Waals surface area contributed by atoms with Crippen molar-refractivity contribution in [2.24, 2.45) is 5.14 Å². The minimum Gasteiger partial charge on any atom is -0.360 e. The molecule has 3 N–H and O–H groups in total. The van der Waals surface area contributed by atoms with E-state index in [-0.39, 0.29) is 0 Å². The lowest BCUT2D eigenvalue weighted by atomic mass is 10.2. The summed E-state index contributed by atoms with van der Waals surface area (Å²) < 4.78 is 0. The molecule has 0 bridgehead atoms. The van der Waals surface area contributed by atoms with Gasteiger partial charge in [-0.05, 0) is 36.2 Å². The van der Waals surface area contributed by atoms with Gasteiger partial charge in [0.1, 0.15) is 6.07 Å². The van der Waals surface area contributed by atoms with Crippen LogP contribution in [0.15, 0.2) is 59.6 Å². The second-order valence-electron chi connectivity index (χ2n) is 4.12. The van der Waals surface area contributed by atoms with E-state index in [1.54, 1.807) is 18.3 Å². The molecule has 2 aromatic carbocycles. The minimum atomic E-state index is 0.649. The molecule has 0 saturated carbocycles. The molecule has 1 aromatic heterocycles. The van der Waals surface area contributed by atoms with Gasteiger partial charge in [-0.1, -0.05) is 24.3 Å². The van der Waals surface area contributed by atoms with Gasteiger partial charge >= 0.3 is 0 Å². The second kappa shape index (κ2) is 7.16. The van der Waals surface area contributed by atoms with Crippen LogP contribution in [-0.2, 0) is 0 Å². The Morgan fingerprint density at radius 2 is 1.81 bits per heavy atom. The molecule has 0 saturated heterocycles. The zero-order valence-corrected chi connectivity index (χ0v) is 11.9. The molecule has 0 radical (unpaired) electrons. The maximum absolute atomic E-state index is 8.65. The van der Waals surface area contributed by atoms with E-state index in [9.17, 15) is 0 Å². The van der Waals surface area contributed by atoms with Gasteiger partial charge in [-0.2, -0.15) is 10.5 Å². The summed E-state index contributed by atoms with van der Waals surface area (Å²) in [5.74, 6) is 0. The fourth-order valence-electron chi connectivity index (χ4n) is 1.80. The van der Waals surface area contributed by atoms with Crippen LogP contribution in [0.4, 0.5) is 0 Å². The van der Waals surface area contributed by atoms with Crippen LogP contribution in [0.25, 0.3) is 10.9 Å². The fraction of sp³-hybridized carbons (Fsp3) is 0. The summed E-state index contributed by atoms with van der Waals surface area (Å²) in [6, 6.07) is 19.1. The van der Waals surface area contributed by atoms with Crippen LogP contribution in [0.1, 0.15) is 11.1 Å². The van der Waals surface area contributed by atoms with Crippen molar-refractivity contribution in [2.45, 2.75) is 4.90 Å². The number of para-hydroxylation sites is 1. The third-order valence-electron chi connectivity index (χ3n) is 2.81. The summed E-state index contributed by atoms with van der Waals surface area (Å²) in [7, 11) is 0. The molecule has 0 aliphatic heterocycles. The van der Waals surface area contributed by atoms with E-state index in [1.165, 1.54) is 0 Å². The highest BCUT2D eigenvalue weighted by molar-refractivity contribution is 7.97. The van der Waals surface area contributed by atoms with Crippen molar-refractivity contribution in [3.63, 3.8) is 0 Å². The molecule has 102 valence electrons. The first kappa shape index (κ1) is 14.7. The van der Waals surface area contributed by atoms with Crippen LogP contribution in [0.2, 0.25) is 0 Å². The highest BCUT2D eigenvalue weighted by atomic mass is 32.2. The molecule has 0 aliphatic carbocycles. The van der Waals surface area contributed by atoms with E-state index in [4.69, 9.17) is 15.7 Å². The van der Waals surface area contributed by atoms with Crippen molar-refractivity contribution in [1.29, 1.82) is 10.5 Å². The van der Waals surface area contributed by atoms with Gasteiger partial charge in [0.25, 0.3) is 0 Å². The van der Waals surface area contributed by atoms with Gasteiger partial charge in [-0.15, -0.1) is 0 Å². The number of aromatic amines is 1. The molecule has 4 nitrogen and oxygen atoms in total. The zero-order chi connectivity index (χ0) is 15.1. The number of benzene rings is 2. The van der Waals surface area contributed by atoms with Crippen molar-refractivity contribution in [1.82, 2.24) is 4.98 Å². The van der Waals surface area contributed by atoms with Crippen LogP contribution in [0.3, 0.4) is 0 Å². The minimum absolute atomic E-state index is 0.649. The number of nitriles is 2. The topological polar surface area (TPSA) is 89.4 Å². The van der Waals surface area contributed by atoms with Crippen molar-refractivity contribution >= 4 is 22.9 Å². The Morgan fingerprint density at radius 1 is 1.00 bits per heavy atom. The molecule has 21 heavy (non-hydrogen) atoms. The summed E-state index contributed by atoms with van der Waals surface area (Å²) in [6.07, 6.45) is 1.73. The van der Waals surface area contributed by atoms with Crippen molar-refractivity contribution in [3.05, 3.63) is 65.9 Å². The maximum atomic E-state index is 8.65. The maximum Gasteiger partial charge on any atom is 0.101 e. The molecule has 3 rings (SSSR count). The fourth-order valence-corrected chi connectivity index (χ4v) is 2.16. The molecule has 0 spiro atoms. The normalized spacial score (nSPS) is 9.29. The Labute approximate surface area is 126 Å². The summed E-state index contributed by atoms with van der Waals surface area (Å²) in [4.78, 5) is 3.93. The number of nitrogens with one attached hydrogen (secondary N) is 1. The predicted molar refractivity (Wildman–Crippen MR) is 84.2 cm³/mol. The first-order valence-electron chi connectivity index (χ1n) is 6.11. The van der Waals surface area contributed by atoms with Gasteiger partial charge in [-0.3, -0.25) is 5.14 Å². The van der Waals surface area contributed by atoms with E-state index in [2.05, 4.69) is 11.1 Å². The molecule has 0 atom stereocenters. The number of aromatic nitrogens is 1. The predicted octanol–water partition coefficient (Wildman–Crippen LogP) is 3.56. The van der Waals surface area contributed by atoms with E-state index >= 15 is 0 Å². The molecule has 0 aliphatic rings. The quantitative estimate of drug-likeness (QED) is 0.671. The van der Waals surface area contributed by atoms with E-state index in [0.29, 0.717) is 11.1 Å². The van der Waals surface area contributed by atoms with Gasteiger partial charge in [0, 0.05) is 22.0 Å². The monoisotopic (exact) mass is 292 g/mol. The van der Waals surface area contributed by atoms with Gasteiger partial charge < -0.3 is 4.98 Å². The van der Waals surface area contributed by atoms with Crippen LogP contribution >= 0.6 is 11.9 Å². The van der Waals surface area contributed by atoms with Crippen LogP contribution < -0.4 is 5.14 Å². The van der Waals surface area contributed by atoms with Crippen LogP contribution in [0, 0.1) is 22.7 Å². The standard InChI is InChI=1S/C9H6N2.C7H6N2S/c10-5-7-6-11-9-4-2-1-3-8(7)9;8-5-6-2-1-3-7(4-6)10-9/h1-4,6,11H;1-4H,9H2. The van der Waals surface area contributed by atoms with Crippen molar-refractivity contribution < 1.29 is 0 Å². The molecule has 0 amide bonds. The molecular weight excluding hydrogens is 280 g/mol. The number of hydrogen-bond acceptors (Lipinski definition) is 4. The number of hydrogen-bond donors (Lipinski definition) is 2. The number of nitrogens with zero attached hydrogens (tertiary/aromatic N) is 2. The second-order valence-corrected chi connectivity index (χ2v) is 4.82. The summed E-state index contributed by atoms with van der Waals surface area (Å²) in [5, 5.41) is 23.4. The highest BCUT2D eigenvalue weighted by Gasteiger charge is 1.98. The number of rotatable bonds is 1. The van der Waals surface area contributed by atoms with E-state index < -0.39 is 0 Å². The van der Waals surface area contributed by atoms with Crippen molar-refractivity contribution in [2.75, 3.05) is 0 Å². The number of fused-ring (bicyclic) bond motifs is 1. The Morgan fingerprint density at radius 3 is 2.52 bits per heavy atom. The third-order valence-corrected chi connectivity index (χ3v) is 3.34. The molecule has 0 fully saturated rings. The summed E-state index contributed by atoms with van der Waals surface area (Å²) >= 11 is 1.15. The smallest absolute Gasteiger partial charge is 0.101 e. The average Bonchev–Trinajstić information content (AvgIpc) is 2.98. The van der Waals surface area contributed by atoms with Gasteiger partial charge in [-0.25, -0.2) is 0 Å². The first-order valence-corrected chi connectivity index (χ1v) is 6.99. The number of nitrogens with two attached hydrogens (primary N) is 1. The Balaban J connectivity index is 0.000000155. The Hall–Kier alpha value is -2.73. The van der Waals surface area contributed by atoms with Gasteiger partial charge in [0.15, 0.2) is 0 Å². The summed E-state index contributed by atoms with van der Waals surface area (Å²) in [5.41, 5.74) is 2.38. The van der Waals surface area contributed by atoms with Gasteiger partial charge in [0.2, 0.25) is 0 Å². The van der Waals surface area contributed by atoms with Gasteiger partial charge in [0.05, 0.1) is 17.2 Å². The lowest BCUT2D eigenvalue weighted by molar-refractivity contribution is 1.40. The average molecular weight is 292 g/mol. The Kier molecular flexibility index (Phi) is 5.00. The van der Waals surface area contributed by atoms with Crippen LogP contribution in [-0.4, -0.2) is 4.98 Å². The number of H-pyrrole nitrogens is 1. The largest absolute Gasteiger partial charge is 0.360 e. The highest BCUT2D eigenvalue weighted by Crippen LogP contribution is 2.15. The van der Waals surface area contributed by atoms with E-state index in [0.717, 1.165) is 27.7 Å². The molecular formula is C16H12N4S. The summed E-state index contributed by atoms with van der Waals surface area (Å²) in [6.45, 7) is 0. The first-order chi connectivity index (χ1) is 10.3. The molecule has 1 heterocycles. The zero-order valence-electron chi connectivity index (χ0n) is 11.1. The van der Waals surface area contributed by atoms with E-state index in [1.807, 2.05) is 42.5 Å². The lowest BCUT2D eigenvalue weighted by Crippen LogP contribution is -1.80. The Bertz CT molecular complexity index is 824. The molecule has 0 unspecified atom stereocenters. The third kappa shape index (κ3) is 3.64. The SMILES string of the molecule is N#Cc1c[nH]c2ccccc12.N#Cc1cccc(SN)c1. The lowest BCUT2D eigenvalue weighted by Gasteiger charge is -1.92. The van der Waals surface area contributed by atoms with Crippen LogP contribution in [0.5, 0.6) is 0 Å². The van der Waals surface area contributed by atoms with Crippen molar-refractivity contribution in [3.8, 4) is 12.1 Å².